The minimum Gasteiger partial charge on any atom is -0.491 e. The Balaban J connectivity index is 1.92. The molecular formula is C14H22N2O. The van der Waals surface area contributed by atoms with Crippen LogP contribution in [0.1, 0.15) is 33.1 Å². The first kappa shape index (κ1) is 12.2. The van der Waals surface area contributed by atoms with E-state index in [1.807, 2.05) is 12.1 Å². The van der Waals surface area contributed by atoms with Crippen molar-refractivity contribution >= 4 is 5.69 Å². The molecule has 1 aliphatic rings. The summed E-state index contributed by atoms with van der Waals surface area (Å²) in [5.41, 5.74) is 6.90. The van der Waals surface area contributed by atoms with Crippen molar-refractivity contribution < 1.29 is 4.74 Å². The Morgan fingerprint density at radius 3 is 2.88 bits per heavy atom. The molecule has 3 N–H and O–H groups in total. The molecule has 17 heavy (non-hydrogen) atoms. The maximum Gasteiger partial charge on any atom is 0.121 e. The van der Waals surface area contributed by atoms with Gasteiger partial charge >= 0.3 is 0 Å². The third-order valence-electron chi connectivity index (χ3n) is 3.29. The predicted octanol–water partition coefficient (Wildman–Crippen LogP) is 2.77. The molecule has 2 rings (SSSR count). The van der Waals surface area contributed by atoms with Crippen molar-refractivity contribution in [1.29, 1.82) is 0 Å². The molecule has 3 heteroatoms. The molecule has 0 spiro atoms. The van der Waals surface area contributed by atoms with E-state index < -0.39 is 0 Å². The standard InChI is InChI=1S/C14H22N2O/c1-3-10(2)17-14-6-4-5-12(9-14)16-13-7-11(15)8-13/h4-6,9-11,13,16H,3,7-8,15H2,1-2H3. The number of rotatable bonds is 5. The van der Waals surface area contributed by atoms with Crippen LogP contribution >= 0.6 is 0 Å². The average molecular weight is 234 g/mol. The van der Waals surface area contributed by atoms with E-state index in [4.69, 9.17) is 10.5 Å². The molecule has 0 aromatic heterocycles. The van der Waals surface area contributed by atoms with E-state index in [2.05, 4.69) is 31.3 Å². The van der Waals surface area contributed by atoms with Gasteiger partial charge in [0.2, 0.25) is 0 Å². The van der Waals surface area contributed by atoms with Gasteiger partial charge in [-0.3, -0.25) is 0 Å². The largest absolute Gasteiger partial charge is 0.491 e. The Kier molecular flexibility index (Phi) is 3.89. The van der Waals surface area contributed by atoms with Crippen molar-refractivity contribution in [3.05, 3.63) is 24.3 Å². The van der Waals surface area contributed by atoms with Crippen LogP contribution in [0.15, 0.2) is 24.3 Å². The molecule has 3 nitrogen and oxygen atoms in total. The Morgan fingerprint density at radius 2 is 2.24 bits per heavy atom. The first-order chi connectivity index (χ1) is 8.17. The summed E-state index contributed by atoms with van der Waals surface area (Å²) in [4.78, 5) is 0. The minimum absolute atomic E-state index is 0.266. The Hall–Kier alpha value is -1.22. The molecule has 0 saturated heterocycles. The fraction of sp³-hybridized carbons (Fsp3) is 0.571. The fourth-order valence-corrected chi connectivity index (χ4v) is 1.99. The molecule has 0 aliphatic heterocycles. The summed E-state index contributed by atoms with van der Waals surface area (Å²) in [5.74, 6) is 0.938. The van der Waals surface area contributed by atoms with Gasteiger partial charge in [-0.15, -0.1) is 0 Å². The lowest BCUT2D eigenvalue weighted by atomic mass is 9.87. The number of hydrogen-bond donors (Lipinski definition) is 2. The third kappa shape index (κ3) is 3.37. The van der Waals surface area contributed by atoms with Gasteiger partial charge in [-0.2, -0.15) is 0 Å². The number of benzene rings is 1. The number of ether oxygens (including phenoxy) is 1. The molecule has 0 amide bonds. The SMILES string of the molecule is CCC(C)Oc1cccc(NC2CC(N)C2)c1. The second kappa shape index (κ2) is 5.41. The first-order valence-corrected chi connectivity index (χ1v) is 6.46. The minimum atomic E-state index is 0.266. The zero-order valence-corrected chi connectivity index (χ0v) is 10.6. The highest BCUT2D eigenvalue weighted by atomic mass is 16.5. The molecule has 1 aromatic carbocycles. The van der Waals surface area contributed by atoms with Gasteiger partial charge < -0.3 is 15.8 Å². The van der Waals surface area contributed by atoms with Gasteiger partial charge in [0.15, 0.2) is 0 Å². The molecule has 0 bridgehead atoms. The van der Waals surface area contributed by atoms with Crippen LogP contribution in [0.3, 0.4) is 0 Å². The predicted molar refractivity (Wildman–Crippen MR) is 71.4 cm³/mol. The lowest BCUT2D eigenvalue weighted by Crippen LogP contribution is -2.44. The zero-order chi connectivity index (χ0) is 12.3. The highest BCUT2D eigenvalue weighted by Gasteiger charge is 2.25. The van der Waals surface area contributed by atoms with E-state index in [9.17, 15) is 0 Å². The second-order valence-electron chi connectivity index (χ2n) is 4.94. The molecule has 1 aliphatic carbocycles. The number of anilines is 1. The lowest BCUT2D eigenvalue weighted by molar-refractivity contribution is 0.217. The van der Waals surface area contributed by atoms with Gasteiger partial charge in [-0.1, -0.05) is 13.0 Å². The lowest BCUT2D eigenvalue weighted by Gasteiger charge is -2.33. The quantitative estimate of drug-likeness (QED) is 0.823. The van der Waals surface area contributed by atoms with Crippen LogP contribution in [-0.2, 0) is 0 Å². The molecule has 0 radical (unpaired) electrons. The van der Waals surface area contributed by atoms with Crippen molar-refractivity contribution in [3.8, 4) is 5.75 Å². The fourth-order valence-electron chi connectivity index (χ4n) is 1.99. The van der Waals surface area contributed by atoms with E-state index in [1.165, 1.54) is 0 Å². The van der Waals surface area contributed by atoms with E-state index in [0.717, 1.165) is 30.7 Å². The topological polar surface area (TPSA) is 47.3 Å². The highest BCUT2D eigenvalue weighted by molar-refractivity contribution is 5.49. The number of nitrogens with two attached hydrogens (primary N) is 1. The number of nitrogens with one attached hydrogen (secondary N) is 1. The molecule has 0 heterocycles. The summed E-state index contributed by atoms with van der Waals surface area (Å²) in [7, 11) is 0. The normalized spacial score (nSPS) is 24.9. The van der Waals surface area contributed by atoms with E-state index in [1.54, 1.807) is 0 Å². The van der Waals surface area contributed by atoms with Crippen molar-refractivity contribution in [2.24, 2.45) is 5.73 Å². The van der Waals surface area contributed by atoms with Gasteiger partial charge in [0.05, 0.1) is 6.10 Å². The molecule has 1 aromatic rings. The van der Waals surface area contributed by atoms with E-state index in [-0.39, 0.29) is 6.10 Å². The molecule has 1 atom stereocenters. The molecule has 94 valence electrons. The summed E-state index contributed by atoms with van der Waals surface area (Å²) >= 11 is 0. The Bertz CT molecular complexity index is 361. The summed E-state index contributed by atoms with van der Waals surface area (Å²) in [6.07, 6.45) is 3.42. The first-order valence-electron chi connectivity index (χ1n) is 6.46. The molecular weight excluding hydrogens is 212 g/mol. The van der Waals surface area contributed by atoms with Crippen molar-refractivity contribution in [2.45, 2.75) is 51.3 Å². The smallest absolute Gasteiger partial charge is 0.121 e. The van der Waals surface area contributed by atoms with Crippen LogP contribution in [0.5, 0.6) is 5.75 Å². The second-order valence-corrected chi connectivity index (χ2v) is 4.94. The van der Waals surface area contributed by atoms with Crippen LogP contribution < -0.4 is 15.8 Å². The van der Waals surface area contributed by atoms with Crippen LogP contribution in [-0.4, -0.2) is 18.2 Å². The monoisotopic (exact) mass is 234 g/mol. The van der Waals surface area contributed by atoms with E-state index in [0.29, 0.717) is 12.1 Å². The van der Waals surface area contributed by atoms with Gasteiger partial charge in [0.25, 0.3) is 0 Å². The Labute approximate surface area is 103 Å². The molecule has 1 saturated carbocycles. The van der Waals surface area contributed by atoms with Crippen molar-refractivity contribution in [2.75, 3.05) is 5.32 Å². The van der Waals surface area contributed by atoms with Gasteiger partial charge in [-0.25, -0.2) is 0 Å². The maximum absolute atomic E-state index is 5.79. The van der Waals surface area contributed by atoms with Crippen LogP contribution in [0.4, 0.5) is 5.69 Å². The van der Waals surface area contributed by atoms with Gasteiger partial charge in [0.1, 0.15) is 5.75 Å². The van der Waals surface area contributed by atoms with Gasteiger partial charge in [-0.05, 0) is 38.3 Å². The maximum atomic E-state index is 5.79. The Morgan fingerprint density at radius 1 is 1.47 bits per heavy atom. The van der Waals surface area contributed by atoms with Crippen molar-refractivity contribution in [1.82, 2.24) is 0 Å². The van der Waals surface area contributed by atoms with Crippen LogP contribution in [0.2, 0.25) is 0 Å². The number of hydrogen-bond acceptors (Lipinski definition) is 3. The molecule has 1 fully saturated rings. The molecule has 1 unspecified atom stereocenters. The summed E-state index contributed by atoms with van der Waals surface area (Å²) < 4.78 is 5.79. The van der Waals surface area contributed by atoms with Crippen LogP contribution in [0, 0.1) is 0 Å². The average Bonchev–Trinajstić information content (AvgIpc) is 2.27. The third-order valence-corrected chi connectivity index (χ3v) is 3.29. The summed E-state index contributed by atoms with van der Waals surface area (Å²) in [6.45, 7) is 4.22. The van der Waals surface area contributed by atoms with Gasteiger partial charge in [0, 0.05) is 23.8 Å². The van der Waals surface area contributed by atoms with Crippen molar-refractivity contribution in [3.63, 3.8) is 0 Å². The van der Waals surface area contributed by atoms with E-state index >= 15 is 0 Å². The highest BCUT2D eigenvalue weighted by Crippen LogP contribution is 2.25. The summed E-state index contributed by atoms with van der Waals surface area (Å²) in [5, 5.41) is 3.48. The summed E-state index contributed by atoms with van der Waals surface area (Å²) in [6, 6.07) is 9.09. The van der Waals surface area contributed by atoms with Crippen LogP contribution in [0.25, 0.3) is 0 Å². The zero-order valence-electron chi connectivity index (χ0n) is 10.6.